The Hall–Kier alpha value is -3.10. The molecule has 1 aromatic rings. The molecule has 0 heterocycles. The first-order valence-corrected chi connectivity index (χ1v) is 12.1. The Morgan fingerprint density at radius 3 is 2.23 bits per heavy atom. The molecule has 9 heteroatoms. The second-order valence-corrected chi connectivity index (χ2v) is 11.2. The molecule has 2 atom stereocenters. The van der Waals surface area contributed by atoms with Gasteiger partial charge in [-0.25, -0.2) is 4.79 Å². The second kappa shape index (κ2) is 11.1. The molecular formula is C26H40N4O5. The van der Waals surface area contributed by atoms with Crippen LogP contribution in [0.1, 0.15) is 84.4 Å². The summed E-state index contributed by atoms with van der Waals surface area (Å²) in [6, 6.07) is 5.35. The van der Waals surface area contributed by atoms with Gasteiger partial charge in [0.25, 0.3) is 0 Å². The number of hydrogen-bond donors (Lipinski definition) is 3. The summed E-state index contributed by atoms with van der Waals surface area (Å²) in [7, 11) is 0. The van der Waals surface area contributed by atoms with Crippen molar-refractivity contribution in [3.8, 4) is 0 Å². The molecule has 2 rings (SSSR count). The number of amides is 4. The molecule has 1 aromatic carbocycles. The summed E-state index contributed by atoms with van der Waals surface area (Å²) >= 11 is 0. The van der Waals surface area contributed by atoms with Gasteiger partial charge in [0.2, 0.25) is 17.7 Å². The van der Waals surface area contributed by atoms with Gasteiger partial charge in [0.15, 0.2) is 0 Å². The number of nitrogens with two attached hydrogens (primary N) is 1. The molecule has 0 saturated heterocycles. The van der Waals surface area contributed by atoms with Crippen LogP contribution in [0.5, 0.6) is 0 Å². The molecule has 1 saturated carbocycles. The number of rotatable bonds is 9. The number of hydrogen-bond acceptors (Lipinski definition) is 5. The van der Waals surface area contributed by atoms with Gasteiger partial charge in [-0.05, 0) is 73.3 Å². The third kappa shape index (κ3) is 9.22. The predicted octanol–water partition coefficient (Wildman–Crippen LogP) is 3.10. The van der Waals surface area contributed by atoms with E-state index in [1.807, 2.05) is 52.0 Å². The maximum absolute atomic E-state index is 13.9. The van der Waals surface area contributed by atoms with Crippen LogP contribution in [0.2, 0.25) is 0 Å². The van der Waals surface area contributed by atoms with Crippen LogP contribution in [-0.2, 0) is 19.1 Å². The van der Waals surface area contributed by atoms with E-state index < -0.39 is 41.1 Å². The fraction of sp³-hybridized carbons (Fsp3) is 0.615. The third-order valence-corrected chi connectivity index (χ3v) is 5.25. The highest BCUT2D eigenvalue weighted by molar-refractivity contribution is 5.93. The Morgan fingerprint density at radius 2 is 1.74 bits per heavy atom. The van der Waals surface area contributed by atoms with Gasteiger partial charge in [-0.2, -0.15) is 0 Å². The fourth-order valence-corrected chi connectivity index (χ4v) is 3.76. The van der Waals surface area contributed by atoms with E-state index in [1.54, 1.807) is 25.7 Å². The molecule has 0 aromatic heterocycles. The monoisotopic (exact) mass is 488 g/mol. The number of carbonyl (C=O) groups is 4. The maximum Gasteiger partial charge on any atom is 0.408 e. The molecule has 1 aliphatic rings. The van der Waals surface area contributed by atoms with Crippen molar-refractivity contribution in [3.63, 3.8) is 0 Å². The minimum Gasteiger partial charge on any atom is -0.444 e. The third-order valence-electron chi connectivity index (χ3n) is 5.25. The number of benzene rings is 1. The minimum atomic E-state index is -1.08. The van der Waals surface area contributed by atoms with Crippen LogP contribution < -0.4 is 16.4 Å². The highest BCUT2D eigenvalue weighted by atomic mass is 16.6. The van der Waals surface area contributed by atoms with Crippen LogP contribution in [0.25, 0.3) is 0 Å². The number of aryl methyl sites for hydroxylation is 1. The van der Waals surface area contributed by atoms with Gasteiger partial charge in [-0.1, -0.05) is 29.8 Å². The van der Waals surface area contributed by atoms with E-state index in [9.17, 15) is 19.2 Å². The van der Waals surface area contributed by atoms with Crippen molar-refractivity contribution in [2.75, 3.05) is 0 Å². The largest absolute Gasteiger partial charge is 0.444 e. The van der Waals surface area contributed by atoms with E-state index in [2.05, 4.69) is 10.6 Å². The molecular weight excluding hydrogens is 448 g/mol. The molecule has 0 bridgehead atoms. The summed E-state index contributed by atoms with van der Waals surface area (Å²) in [6.07, 6.45) is 0.603. The number of nitrogens with zero attached hydrogens (tertiary/aromatic N) is 1. The molecule has 4 N–H and O–H groups in total. The number of carbonyl (C=O) groups excluding carboxylic acids is 4. The molecule has 1 fully saturated rings. The molecule has 0 aliphatic heterocycles. The normalized spacial score (nSPS) is 15.5. The van der Waals surface area contributed by atoms with Gasteiger partial charge < -0.3 is 26.0 Å². The summed E-state index contributed by atoms with van der Waals surface area (Å²) in [6.45, 7) is 12.7. The molecule has 2 unspecified atom stereocenters. The van der Waals surface area contributed by atoms with Gasteiger partial charge in [0, 0.05) is 18.0 Å². The van der Waals surface area contributed by atoms with E-state index in [1.165, 1.54) is 0 Å². The van der Waals surface area contributed by atoms with Gasteiger partial charge in [0.1, 0.15) is 17.7 Å². The van der Waals surface area contributed by atoms with E-state index >= 15 is 0 Å². The summed E-state index contributed by atoms with van der Waals surface area (Å²) in [5.41, 5.74) is 5.68. The number of primary amides is 1. The second-order valence-electron chi connectivity index (χ2n) is 11.2. The van der Waals surface area contributed by atoms with E-state index in [-0.39, 0.29) is 24.8 Å². The number of ether oxygens (including phenoxy) is 1. The molecule has 0 radical (unpaired) electrons. The van der Waals surface area contributed by atoms with Crippen molar-refractivity contribution < 1.29 is 23.9 Å². The van der Waals surface area contributed by atoms with Crippen LogP contribution >= 0.6 is 0 Å². The molecule has 0 spiro atoms. The van der Waals surface area contributed by atoms with Gasteiger partial charge >= 0.3 is 6.09 Å². The molecule has 35 heavy (non-hydrogen) atoms. The molecule has 4 amide bonds. The summed E-state index contributed by atoms with van der Waals surface area (Å²) in [5, 5.41) is 5.60. The zero-order valence-electron chi connectivity index (χ0n) is 21.9. The highest BCUT2D eigenvalue weighted by Crippen LogP contribution is 2.36. The molecule has 194 valence electrons. The quantitative estimate of drug-likeness (QED) is 0.492. The lowest BCUT2D eigenvalue weighted by atomic mass is 9.98. The van der Waals surface area contributed by atoms with Gasteiger partial charge in [-0.15, -0.1) is 0 Å². The van der Waals surface area contributed by atoms with Crippen LogP contribution in [0.15, 0.2) is 24.3 Å². The zero-order valence-corrected chi connectivity index (χ0v) is 21.9. The van der Waals surface area contributed by atoms with Crippen molar-refractivity contribution >= 4 is 23.8 Å². The van der Waals surface area contributed by atoms with Crippen molar-refractivity contribution in [1.82, 2.24) is 15.5 Å². The van der Waals surface area contributed by atoms with Crippen LogP contribution in [-0.4, -0.2) is 51.9 Å². The lowest BCUT2D eigenvalue weighted by molar-refractivity contribution is -0.144. The Morgan fingerprint density at radius 1 is 1.11 bits per heavy atom. The van der Waals surface area contributed by atoms with Gasteiger partial charge in [-0.3, -0.25) is 14.4 Å². The summed E-state index contributed by atoms with van der Waals surface area (Å²) in [4.78, 5) is 53.1. The topological polar surface area (TPSA) is 131 Å². The molecule has 9 nitrogen and oxygen atoms in total. The number of alkyl carbamates (subject to hydrolysis) is 1. The van der Waals surface area contributed by atoms with Gasteiger partial charge in [0.05, 0.1) is 0 Å². The van der Waals surface area contributed by atoms with Crippen LogP contribution in [0.3, 0.4) is 0 Å². The first-order valence-electron chi connectivity index (χ1n) is 12.1. The SMILES string of the molecule is Cc1cccc(C(C(=O)NC(C)(C)C)N(C(=O)C(CCC(N)=O)NC(=O)OC(C)(C)C)C2CC2)c1. The van der Waals surface area contributed by atoms with Crippen molar-refractivity contribution in [3.05, 3.63) is 35.4 Å². The first-order chi connectivity index (χ1) is 16.1. The Kier molecular flexibility index (Phi) is 8.92. The lowest BCUT2D eigenvalue weighted by Crippen LogP contribution is -2.55. The Labute approximate surface area is 208 Å². The standard InChI is InChI=1S/C26H40N4O5/c1-16-9-8-10-17(15-16)21(22(32)29-25(2,3)4)30(18-11-12-18)23(33)19(13-14-20(27)31)28-24(34)35-26(5,6)7/h8-10,15,18-19,21H,11-14H2,1-7H3,(H2,27,31)(H,28,34)(H,29,32). The minimum absolute atomic E-state index is 0.00193. The molecule has 1 aliphatic carbocycles. The predicted molar refractivity (Wildman–Crippen MR) is 133 cm³/mol. The number of nitrogens with one attached hydrogen (secondary N) is 2. The van der Waals surface area contributed by atoms with Crippen LogP contribution in [0.4, 0.5) is 4.79 Å². The summed E-state index contributed by atoms with van der Waals surface area (Å²) in [5.74, 6) is -1.35. The zero-order chi connectivity index (χ0) is 26.6. The average Bonchev–Trinajstić information content (AvgIpc) is 3.50. The van der Waals surface area contributed by atoms with E-state index in [0.29, 0.717) is 5.56 Å². The highest BCUT2D eigenvalue weighted by Gasteiger charge is 2.44. The Bertz CT molecular complexity index is 944. The van der Waals surface area contributed by atoms with Crippen molar-refractivity contribution in [2.45, 2.75) is 103 Å². The lowest BCUT2D eigenvalue weighted by Gasteiger charge is -2.36. The van der Waals surface area contributed by atoms with Crippen molar-refractivity contribution in [1.29, 1.82) is 0 Å². The smallest absolute Gasteiger partial charge is 0.408 e. The fourth-order valence-electron chi connectivity index (χ4n) is 3.76. The van der Waals surface area contributed by atoms with Crippen molar-refractivity contribution in [2.24, 2.45) is 5.73 Å². The van der Waals surface area contributed by atoms with Crippen LogP contribution in [0, 0.1) is 6.92 Å². The van der Waals surface area contributed by atoms with E-state index in [0.717, 1.165) is 18.4 Å². The summed E-state index contributed by atoms with van der Waals surface area (Å²) < 4.78 is 5.34. The Balaban J connectivity index is 2.46. The average molecular weight is 489 g/mol. The van der Waals surface area contributed by atoms with E-state index in [4.69, 9.17) is 10.5 Å². The maximum atomic E-state index is 13.9. The first kappa shape index (κ1) is 28.1.